The van der Waals surface area contributed by atoms with Gasteiger partial charge in [0.05, 0.1) is 0 Å². The third-order valence-corrected chi connectivity index (χ3v) is 10.1. The number of aliphatic hydroxyl groups is 3. The maximum absolute atomic E-state index is 11.2. The van der Waals surface area contributed by atoms with Gasteiger partial charge >= 0.3 is 0 Å². The molecule has 2 unspecified atom stereocenters. The van der Waals surface area contributed by atoms with Crippen LogP contribution < -0.4 is 0 Å². The molecule has 9 atom stereocenters. The van der Waals surface area contributed by atoms with Gasteiger partial charge in [0.25, 0.3) is 0 Å². The summed E-state index contributed by atoms with van der Waals surface area (Å²) in [6.07, 6.45) is 11.2. The van der Waals surface area contributed by atoms with Crippen molar-refractivity contribution in [3.8, 4) is 0 Å². The van der Waals surface area contributed by atoms with Crippen molar-refractivity contribution in [3.63, 3.8) is 0 Å². The Labute approximate surface area is 165 Å². The first-order valence-electron chi connectivity index (χ1n) is 11.8. The summed E-state index contributed by atoms with van der Waals surface area (Å²) in [6, 6.07) is 0. The van der Waals surface area contributed by atoms with Crippen molar-refractivity contribution in [1.82, 2.24) is 0 Å². The Hall–Kier alpha value is -0.120. The number of hydrogen-bond acceptors (Lipinski definition) is 3. The van der Waals surface area contributed by atoms with E-state index in [4.69, 9.17) is 0 Å². The van der Waals surface area contributed by atoms with Crippen LogP contribution in [0.3, 0.4) is 0 Å². The molecule has 0 aliphatic heterocycles. The van der Waals surface area contributed by atoms with Crippen molar-refractivity contribution in [1.29, 1.82) is 0 Å². The lowest BCUT2D eigenvalue weighted by molar-refractivity contribution is -0.252. The van der Waals surface area contributed by atoms with Gasteiger partial charge in [-0.05, 0) is 78.9 Å². The molecule has 3 heteroatoms. The van der Waals surface area contributed by atoms with Crippen LogP contribution in [-0.2, 0) is 0 Å². The Balaban J connectivity index is 1.69. The van der Waals surface area contributed by atoms with Gasteiger partial charge in [0, 0.05) is 5.92 Å². The first-order chi connectivity index (χ1) is 12.7. The Morgan fingerprint density at radius 3 is 2.41 bits per heavy atom. The fourth-order valence-corrected chi connectivity index (χ4v) is 9.15. The molecule has 0 amide bonds. The molecule has 0 aromatic heterocycles. The van der Waals surface area contributed by atoms with Crippen LogP contribution in [-0.4, -0.2) is 27.2 Å². The molecule has 0 bridgehead atoms. The molecule has 3 nitrogen and oxygen atoms in total. The molecule has 4 rings (SSSR count). The topological polar surface area (TPSA) is 60.7 Å². The third-order valence-electron chi connectivity index (χ3n) is 10.1. The smallest absolute Gasteiger partial charge is 0.193 e. The first-order valence-corrected chi connectivity index (χ1v) is 11.8. The maximum Gasteiger partial charge on any atom is 0.193 e. The predicted molar refractivity (Wildman–Crippen MR) is 108 cm³/mol. The predicted octanol–water partition coefficient (Wildman–Crippen LogP) is 4.73. The van der Waals surface area contributed by atoms with Crippen LogP contribution in [0.2, 0.25) is 0 Å². The van der Waals surface area contributed by atoms with Gasteiger partial charge in [-0.3, -0.25) is 0 Å². The second kappa shape index (κ2) is 6.71. The standard InChI is InChI=1S/C24H42O3/c1-5-8-15(2)20-23(4)14-12-18-17(19(23)21(25)24(20,26)27)11-10-16-9-6-7-13-22(16,18)3/h15-21,25-27H,5-14H2,1-4H3/t15-,16?,17-,18+,19-,20-,21?,22+,23+/m1/s1. The van der Waals surface area contributed by atoms with Gasteiger partial charge in [-0.15, -0.1) is 0 Å². The fourth-order valence-electron chi connectivity index (χ4n) is 9.15. The molecule has 4 fully saturated rings. The summed E-state index contributed by atoms with van der Waals surface area (Å²) in [4.78, 5) is 0. The summed E-state index contributed by atoms with van der Waals surface area (Å²) in [5.74, 6) is 0.0627. The zero-order valence-electron chi connectivity index (χ0n) is 18.0. The van der Waals surface area contributed by atoms with E-state index in [1.54, 1.807) is 0 Å². The number of aliphatic hydroxyl groups excluding tert-OH is 1. The molecule has 0 aromatic carbocycles. The van der Waals surface area contributed by atoms with E-state index in [9.17, 15) is 15.3 Å². The van der Waals surface area contributed by atoms with Crippen molar-refractivity contribution in [3.05, 3.63) is 0 Å². The fraction of sp³-hybridized carbons (Fsp3) is 1.00. The van der Waals surface area contributed by atoms with Crippen molar-refractivity contribution < 1.29 is 15.3 Å². The quantitative estimate of drug-likeness (QED) is 0.622. The molecule has 3 N–H and O–H groups in total. The highest BCUT2D eigenvalue weighted by molar-refractivity contribution is 5.16. The first kappa shape index (κ1) is 20.2. The Morgan fingerprint density at radius 1 is 0.963 bits per heavy atom. The van der Waals surface area contributed by atoms with Crippen molar-refractivity contribution in [2.45, 2.75) is 104 Å². The average molecular weight is 379 g/mol. The van der Waals surface area contributed by atoms with E-state index in [0.717, 1.165) is 25.2 Å². The maximum atomic E-state index is 11.2. The molecular formula is C24H42O3. The van der Waals surface area contributed by atoms with Crippen LogP contribution in [0, 0.1) is 46.3 Å². The van der Waals surface area contributed by atoms with Crippen molar-refractivity contribution in [2.75, 3.05) is 0 Å². The van der Waals surface area contributed by atoms with E-state index in [1.165, 1.54) is 44.9 Å². The molecule has 4 aliphatic rings. The number of rotatable bonds is 3. The Bertz CT molecular complexity index is 560. The van der Waals surface area contributed by atoms with E-state index in [-0.39, 0.29) is 23.2 Å². The summed E-state index contributed by atoms with van der Waals surface area (Å²) >= 11 is 0. The molecule has 27 heavy (non-hydrogen) atoms. The molecule has 0 heterocycles. The van der Waals surface area contributed by atoms with Crippen LogP contribution in [0.5, 0.6) is 0 Å². The van der Waals surface area contributed by atoms with Crippen LogP contribution in [0.4, 0.5) is 0 Å². The summed E-state index contributed by atoms with van der Waals surface area (Å²) < 4.78 is 0. The minimum absolute atomic E-state index is 0.0373. The van der Waals surface area contributed by atoms with Gasteiger partial charge in [0.2, 0.25) is 0 Å². The van der Waals surface area contributed by atoms with Gasteiger partial charge in [0.1, 0.15) is 6.10 Å². The van der Waals surface area contributed by atoms with E-state index in [0.29, 0.717) is 17.3 Å². The average Bonchev–Trinajstić information content (AvgIpc) is 2.76. The highest BCUT2D eigenvalue weighted by Crippen LogP contribution is 2.69. The molecule has 4 saturated carbocycles. The largest absolute Gasteiger partial charge is 0.387 e. The van der Waals surface area contributed by atoms with Gasteiger partial charge in [0.15, 0.2) is 5.79 Å². The molecule has 0 radical (unpaired) electrons. The van der Waals surface area contributed by atoms with Gasteiger partial charge < -0.3 is 15.3 Å². The van der Waals surface area contributed by atoms with Crippen LogP contribution in [0.1, 0.15) is 91.9 Å². The Kier molecular flexibility index (Phi) is 5.01. The second-order valence-electron chi connectivity index (χ2n) is 11.3. The van der Waals surface area contributed by atoms with E-state index in [2.05, 4.69) is 27.7 Å². The molecule has 156 valence electrons. The lowest BCUT2D eigenvalue weighted by atomic mass is 9.44. The molecule has 0 aromatic rings. The zero-order chi connectivity index (χ0) is 19.6. The normalized spacial score (nSPS) is 52.6. The second-order valence-corrected chi connectivity index (χ2v) is 11.3. The van der Waals surface area contributed by atoms with Gasteiger partial charge in [-0.1, -0.05) is 53.4 Å². The van der Waals surface area contributed by atoms with Crippen molar-refractivity contribution >= 4 is 0 Å². The lowest BCUT2D eigenvalue weighted by Gasteiger charge is -2.60. The molecule has 0 saturated heterocycles. The van der Waals surface area contributed by atoms with Crippen molar-refractivity contribution in [2.24, 2.45) is 46.3 Å². The van der Waals surface area contributed by atoms with Crippen LogP contribution in [0.25, 0.3) is 0 Å². The minimum Gasteiger partial charge on any atom is -0.387 e. The van der Waals surface area contributed by atoms with Gasteiger partial charge in [-0.2, -0.15) is 0 Å². The molecular weight excluding hydrogens is 336 g/mol. The highest BCUT2D eigenvalue weighted by atomic mass is 16.5. The zero-order valence-corrected chi connectivity index (χ0v) is 18.0. The van der Waals surface area contributed by atoms with Crippen LogP contribution >= 0.6 is 0 Å². The summed E-state index contributed by atoms with van der Waals surface area (Å²) in [6.45, 7) is 9.14. The van der Waals surface area contributed by atoms with E-state index in [1.807, 2.05) is 0 Å². The highest BCUT2D eigenvalue weighted by Gasteiger charge is 2.70. The third kappa shape index (κ3) is 2.70. The Morgan fingerprint density at radius 2 is 1.70 bits per heavy atom. The minimum atomic E-state index is -1.94. The molecule has 4 aliphatic carbocycles. The summed E-state index contributed by atoms with van der Waals surface area (Å²) in [5.41, 5.74) is 0.249. The van der Waals surface area contributed by atoms with E-state index < -0.39 is 11.9 Å². The number of fused-ring (bicyclic) bond motifs is 5. The summed E-state index contributed by atoms with van der Waals surface area (Å²) in [5, 5.41) is 33.4. The molecule has 0 spiro atoms. The monoisotopic (exact) mass is 378 g/mol. The number of hydrogen-bond donors (Lipinski definition) is 3. The SMILES string of the molecule is CCC[C@@H](C)[C@H]1C(O)(O)C(O)[C@H]2[C@@H]3CCC4CCCC[C@]4(C)[C@H]3CC[C@@]21C. The van der Waals surface area contributed by atoms with Crippen LogP contribution in [0.15, 0.2) is 0 Å². The van der Waals surface area contributed by atoms with Gasteiger partial charge in [-0.25, -0.2) is 0 Å². The summed E-state index contributed by atoms with van der Waals surface area (Å²) in [7, 11) is 0. The van der Waals surface area contributed by atoms with E-state index >= 15 is 0 Å². The lowest BCUT2D eigenvalue weighted by Crippen LogP contribution is -2.54.